The Morgan fingerprint density at radius 3 is 2.82 bits per heavy atom. The van der Waals surface area contributed by atoms with Crippen LogP contribution in [0.3, 0.4) is 0 Å². The third-order valence-corrected chi connectivity index (χ3v) is 4.78. The van der Waals surface area contributed by atoms with Crippen LogP contribution in [0.25, 0.3) is 6.08 Å². The second kappa shape index (κ2) is 8.99. The van der Waals surface area contributed by atoms with Crippen molar-refractivity contribution in [2.24, 2.45) is 0 Å². The maximum atomic E-state index is 12.2. The molecular formula is C20H17Cl2NO5. The SMILES string of the molecule is CC(OC(=O)/C=C/c1cccc(Cl)c1Cl)C(=O)NCc1ccc2c(c1)OCO2. The first-order chi connectivity index (χ1) is 13.4. The predicted octanol–water partition coefficient (Wildman–Crippen LogP) is 3.98. The third kappa shape index (κ3) is 4.97. The van der Waals surface area contributed by atoms with Gasteiger partial charge in [0, 0.05) is 12.6 Å². The van der Waals surface area contributed by atoms with Gasteiger partial charge in [-0.05, 0) is 42.3 Å². The Kier molecular flexibility index (Phi) is 6.44. The van der Waals surface area contributed by atoms with Gasteiger partial charge >= 0.3 is 5.97 Å². The summed E-state index contributed by atoms with van der Waals surface area (Å²) >= 11 is 12.0. The summed E-state index contributed by atoms with van der Waals surface area (Å²) in [5.41, 5.74) is 1.41. The van der Waals surface area contributed by atoms with E-state index in [-0.39, 0.29) is 13.3 Å². The molecule has 3 rings (SSSR count). The van der Waals surface area contributed by atoms with Gasteiger partial charge in [0.1, 0.15) is 0 Å². The molecule has 0 radical (unpaired) electrons. The Bertz CT molecular complexity index is 929. The van der Waals surface area contributed by atoms with Crippen LogP contribution in [-0.2, 0) is 20.9 Å². The molecule has 8 heteroatoms. The molecule has 0 saturated carbocycles. The van der Waals surface area contributed by atoms with E-state index in [4.69, 9.17) is 37.4 Å². The maximum Gasteiger partial charge on any atom is 0.331 e. The van der Waals surface area contributed by atoms with Crippen LogP contribution in [0.5, 0.6) is 11.5 Å². The Labute approximate surface area is 172 Å². The fraction of sp³-hybridized carbons (Fsp3) is 0.200. The molecule has 2 aromatic carbocycles. The lowest BCUT2D eigenvalue weighted by Gasteiger charge is -2.12. The molecule has 1 aliphatic rings. The average Bonchev–Trinajstić information content (AvgIpc) is 3.15. The highest BCUT2D eigenvalue weighted by molar-refractivity contribution is 6.42. The van der Waals surface area contributed by atoms with E-state index in [2.05, 4.69) is 5.32 Å². The molecule has 1 heterocycles. The van der Waals surface area contributed by atoms with E-state index in [9.17, 15) is 9.59 Å². The van der Waals surface area contributed by atoms with Crippen molar-refractivity contribution in [1.29, 1.82) is 0 Å². The summed E-state index contributed by atoms with van der Waals surface area (Å²) in [6.07, 6.45) is 1.72. The van der Waals surface area contributed by atoms with Gasteiger partial charge in [-0.3, -0.25) is 4.79 Å². The smallest absolute Gasteiger partial charge is 0.331 e. The van der Waals surface area contributed by atoms with Crippen LogP contribution >= 0.6 is 23.2 Å². The van der Waals surface area contributed by atoms with Gasteiger partial charge in [0.05, 0.1) is 10.0 Å². The maximum absolute atomic E-state index is 12.2. The van der Waals surface area contributed by atoms with Gasteiger partial charge in [0.25, 0.3) is 5.91 Å². The number of amides is 1. The average molecular weight is 422 g/mol. The third-order valence-electron chi connectivity index (χ3n) is 3.95. The van der Waals surface area contributed by atoms with Crippen LogP contribution < -0.4 is 14.8 Å². The lowest BCUT2D eigenvalue weighted by molar-refractivity contribution is -0.150. The number of esters is 1. The highest BCUT2D eigenvalue weighted by Crippen LogP contribution is 2.32. The molecule has 1 unspecified atom stereocenters. The molecule has 2 aromatic rings. The molecule has 0 spiro atoms. The Morgan fingerprint density at radius 1 is 1.21 bits per heavy atom. The van der Waals surface area contributed by atoms with Crippen molar-refractivity contribution >= 4 is 41.2 Å². The molecular weight excluding hydrogens is 405 g/mol. The summed E-state index contributed by atoms with van der Waals surface area (Å²) in [5, 5.41) is 3.43. The molecule has 0 aliphatic carbocycles. The van der Waals surface area contributed by atoms with Crippen LogP contribution in [0, 0.1) is 0 Å². The Hall–Kier alpha value is -2.70. The minimum atomic E-state index is -0.957. The summed E-state index contributed by atoms with van der Waals surface area (Å²) in [6.45, 7) is 1.95. The molecule has 0 fully saturated rings. The Balaban J connectivity index is 1.50. The summed E-state index contributed by atoms with van der Waals surface area (Å²) < 4.78 is 15.6. The highest BCUT2D eigenvalue weighted by atomic mass is 35.5. The number of carbonyl (C=O) groups is 2. The first-order valence-corrected chi connectivity index (χ1v) is 9.18. The summed E-state index contributed by atoms with van der Waals surface area (Å²) in [5.74, 6) is 0.224. The lowest BCUT2D eigenvalue weighted by Crippen LogP contribution is -2.35. The minimum Gasteiger partial charge on any atom is -0.454 e. The number of benzene rings is 2. The van der Waals surface area contributed by atoms with Crippen molar-refractivity contribution in [3.8, 4) is 11.5 Å². The van der Waals surface area contributed by atoms with Crippen LogP contribution in [-0.4, -0.2) is 24.8 Å². The number of ether oxygens (including phenoxy) is 3. The fourth-order valence-electron chi connectivity index (χ4n) is 2.46. The number of rotatable bonds is 6. The Morgan fingerprint density at radius 2 is 2.00 bits per heavy atom. The van der Waals surface area contributed by atoms with E-state index in [0.717, 1.165) is 5.56 Å². The van der Waals surface area contributed by atoms with Crippen LogP contribution in [0.1, 0.15) is 18.1 Å². The number of carbonyl (C=O) groups excluding carboxylic acids is 2. The number of halogens is 2. The van der Waals surface area contributed by atoms with E-state index in [0.29, 0.717) is 27.1 Å². The topological polar surface area (TPSA) is 73.9 Å². The van der Waals surface area contributed by atoms with Gasteiger partial charge in [-0.15, -0.1) is 0 Å². The van der Waals surface area contributed by atoms with E-state index in [1.165, 1.54) is 19.1 Å². The first kappa shape index (κ1) is 20.0. The highest BCUT2D eigenvalue weighted by Gasteiger charge is 2.17. The quantitative estimate of drug-likeness (QED) is 0.563. The van der Waals surface area contributed by atoms with Crippen molar-refractivity contribution < 1.29 is 23.8 Å². The minimum absolute atomic E-state index is 0.187. The second-order valence-electron chi connectivity index (χ2n) is 5.96. The van der Waals surface area contributed by atoms with Crippen molar-refractivity contribution in [3.63, 3.8) is 0 Å². The first-order valence-electron chi connectivity index (χ1n) is 8.43. The fourth-order valence-corrected chi connectivity index (χ4v) is 2.83. The molecule has 1 N–H and O–H groups in total. The second-order valence-corrected chi connectivity index (χ2v) is 6.75. The standard InChI is InChI=1S/C20H17Cl2NO5/c1-12(28-18(24)8-6-14-3-2-4-15(21)19(14)22)20(25)23-10-13-5-7-16-17(9-13)27-11-26-16/h2-9,12H,10-11H2,1H3,(H,23,25)/b8-6+. The zero-order valence-electron chi connectivity index (χ0n) is 14.9. The van der Waals surface area contributed by atoms with E-state index in [1.807, 2.05) is 6.07 Å². The van der Waals surface area contributed by atoms with E-state index >= 15 is 0 Å². The predicted molar refractivity (Wildman–Crippen MR) is 105 cm³/mol. The monoisotopic (exact) mass is 421 g/mol. The molecule has 1 aliphatic heterocycles. The van der Waals surface area contributed by atoms with Gasteiger partial charge in [0.2, 0.25) is 6.79 Å². The van der Waals surface area contributed by atoms with Gasteiger partial charge < -0.3 is 19.5 Å². The zero-order valence-corrected chi connectivity index (χ0v) is 16.4. The lowest BCUT2D eigenvalue weighted by atomic mass is 10.2. The number of hydrogen-bond donors (Lipinski definition) is 1. The molecule has 28 heavy (non-hydrogen) atoms. The van der Waals surface area contributed by atoms with Crippen molar-refractivity contribution in [2.45, 2.75) is 19.6 Å². The van der Waals surface area contributed by atoms with Crippen LogP contribution in [0.4, 0.5) is 0 Å². The molecule has 0 aromatic heterocycles. The van der Waals surface area contributed by atoms with Gasteiger partial charge in [-0.25, -0.2) is 4.79 Å². The molecule has 0 bridgehead atoms. The summed E-state index contributed by atoms with van der Waals surface area (Å²) in [4.78, 5) is 24.1. The number of nitrogens with one attached hydrogen (secondary N) is 1. The summed E-state index contributed by atoms with van der Waals surface area (Å²) in [7, 11) is 0. The normalized spacial score (nSPS) is 13.4. The molecule has 1 atom stereocenters. The van der Waals surface area contributed by atoms with Gasteiger partial charge in [-0.1, -0.05) is 41.4 Å². The van der Waals surface area contributed by atoms with Crippen molar-refractivity contribution in [3.05, 3.63) is 63.6 Å². The molecule has 146 valence electrons. The summed E-state index contributed by atoms with van der Waals surface area (Å²) in [6, 6.07) is 10.5. The molecule has 1 amide bonds. The van der Waals surface area contributed by atoms with Gasteiger partial charge in [0.15, 0.2) is 17.6 Å². The van der Waals surface area contributed by atoms with Crippen molar-refractivity contribution in [2.75, 3.05) is 6.79 Å². The molecule has 6 nitrogen and oxygen atoms in total. The number of fused-ring (bicyclic) bond motifs is 1. The largest absolute Gasteiger partial charge is 0.454 e. The number of hydrogen-bond acceptors (Lipinski definition) is 5. The van der Waals surface area contributed by atoms with Crippen LogP contribution in [0.15, 0.2) is 42.5 Å². The van der Waals surface area contributed by atoms with Crippen molar-refractivity contribution in [1.82, 2.24) is 5.32 Å². The van der Waals surface area contributed by atoms with Gasteiger partial charge in [-0.2, -0.15) is 0 Å². The van der Waals surface area contributed by atoms with E-state index < -0.39 is 18.0 Å². The zero-order chi connectivity index (χ0) is 20.1. The van der Waals surface area contributed by atoms with E-state index in [1.54, 1.807) is 30.3 Å². The molecule has 0 saturated heterocycles. The van der Waals surface area contributed by atoms with Crippen LogP contribution in [0.2, 0.25) is 10.0 Å².